The molecule has 2 amide bonds. The number of carbonyl (C=O) groups excluding carboxylic acids is 1. The maximum Gasteiger partial charge on any atom is 0.315 e. The number of rotatable bonds is 6. The Morgan fingerprint density at radius 2 is 1.83 bits per heavy atom. The summed E-state index contributed by atoms with van der Waals surface area (Å²) in [7, 11) is 0. The lowest BCUT2D eigenvalue weighted by Gasteiger charge is -2.42. The van der Waals surface area contributed by atoms with Crippen molar-refractivity contribution < 1.29 is 14.7 Å². The first kappa shape index (κ1) is 14.8. The van der Waals surface area contributed by atoms with Crippen LogP contribution in [-0.2, 0) is 4.79 Å². The molecule has 1 rings (SSSR count). The zero-order chi connectivity index (χ0) is 13.8. The highest BCUT2D eigenvalue weighted by Gasteiger charge is 2.41. The van der Waals surface area contributed by atoms with Crippen LogP contribution in [-0.4, -0.2) is 28.2 Å². The number of amides is 2. The average Bonchev–Trinajstić information content (AvgIpc) is 2.25. The van der Waals surface area contributed by atoms with E-state index in [9.17, 15) is 9.59 Å². The van der Waals surface area contributed by atoms with E-state index in [4.69, 9.17) is 5.11 Å². The summed E-state index contributed by atoms with van der Waals surface area (Å²) in [5.41, 5.74) is -0.753. The zero-order valence-corrected chi connectivity index (χ0v) is 11.5. The minimum atomic E-state index is -0.858. The van der Waals surface area contributed by atoms with Crippen molar-refractivity contribution in [2.24, 2.45) is 0 Å². The topological polar surface area (TPSA) is 78.4 Å². The number of nitrogens with one attached hydrogen (secondary N) is 2. The van der Waals surface area contributed by atoms with Crippen LogP contribution in [0, 0.1) is 0 Å². The predicted molar refractivity (Wildman–Crippen MR) is 69.5 cm³/mol. The Kier molecular flexibility index (Phi) is 4.59. The van der Waals surface area contributed by atoms with E-state index in [1.165, 1.54) is 0 Å². The molecule has 3 N–H and O–H groups in total. The van der Waals surface area contributed by atoms with Gasteiger partial charge in [0, 0.05) is 5.54 Å². The molecule has 1 saturated carbocycles. The fourth-order valence-corrected chi connectivity index (χ4v) is 2.21. The van der Waals surface area contributed by atoms with Crippen molar-refractivity contribution in [2.45, 2.75) is 70.4 Å². The number of aliphatic carboxylic acids is 1. The van der Waals surface area contributed by atoms with Crippen molar-refractivity contribution in [3.05, 3.63) is 0 Å². The molecular weight excluding hydrogens is 232 g/mol. The van der Waals surface area contributed by atoms with Gasteiger partial charge in [-0.25, -0.2) is 4.79 Å². The first-order valence-electron chi connectivity index (χ1n) is 6.67. The highest BCUT2D eigenvalue weighted by Crippen LogP contribution is 2.34. The van der Waals surface area contributed by atoms with Crippen molar-refractivity contribution in [1.82, 2.24) is 10.6 Å². The Bertz CT molecular complexity index is 320. The summed E-state index contributed by atoms with van der Waals surface area (Å²) in [4.78, 5) is 22.8. The van der Waals surface area contributed by atoms with Crippen molar-refractivity contribution in [2.75, 3.05) is 0 Å². The molecule has 1 aliphatic rings. The van der Waals surface area contributed by atoms with Crippen molar-refractivity contribution in [3.63, 3.8) is 0 Å². The molecule has 0 unspecified atom stereocenters. The minimum absolute atomic E-state index is 0.00931. The second kappa shape index (κ2) is 5.59. The molecule has 1 fully saturated rings. The predicted octanol–water partition coefficient (Wildman–Crippen LogP) is 2.26. The van der Waals surface area contributed by atoms with Crippen LogP contribution >= 0.6 is 0 Å². The first-order chi connectivity index (χ1) is 8.35. The first-order valence-corrected chi connectivity index (χ1v) is 6.67. The highest BCUT2D eigenvalue weighted by atomic mass is 16.4. The van der Waals surface area contributed by atoms with Gasteiger partial charge < -0.3 is 15.7 Å². The van der Waals surface area contributed by atoms with E-state index in [1.807, 2.05) is 20.8 Å². The van der Waals surface area contributed by atoms with Gasteiger partial charge in [-0.1, -0.05) is 13.8 Å². The Hall–Kier alpha value is -1.26. The molecule has 0 aliphatic heterocycles. The summed E-state index contributed by atoms with van der Waals surface area (Å²) in [6.45, 7) is 6.05. The molecule has 0 bridgehead atoms. The third-order valence-electron chi connectivity index (χ3n) is 4.15. The van der Waals surface area contributed by atoms with Crippen molar-refractivity contribution in [3.8, 4) is 0 Å². The largest absolute Gasteiger partial charge is 0.481 e. The molecule has 104 valence electrons. The standard InChI is InChI=1S/C13H24N2O3/c1-4-12(3,5-2)14-11(18)15-13(7-6-8-13)9-10(16)17/h4-9H2,1-3H3,(H,16,17)(H2,14,15,18). The SMILES string of the molecule is CCC(C)(CC)NC(=O)NC1(CC(=O)O)CCC1. The van der Waals surface area contributed by atoms with Crippen LogP contribution in [0.4, 0.5) is 4.79 Å². The van der Waals surface area contributed by atoms with E-state index in [0.29, 0.717) is 0 Å². The van der Waals surface area contributed by atoms with Crippen LogP contribution in [0.5, 0.6) is 0 Å². The van der Waals surface area contributed by atoms with E-state index < -0.39 is 11.5 Å². The van der Waals surface area contributed by atoms with Gasteiger partial charge in [0.15, 0.2) is 0 Å². The van der Waals surface area contributed by atoms with E-state index in [1.54, 1.807) is 0 Å². The normalized spacial score (nSPS) is 17.7. The maximum absolute atomic E-state index is 12.0. The van der Waals surface area contributed by atoms with Gasteiger partial charge in [-0.2, -0.15) is 0 Å². The molecule has 0 atom stereocenters. The average molecular weight is 256 g/mol. The third kappa shape index (κ3) is 3.62. The van der Waals surface area contributed by atoms with Gasteiger partial charge in [0.25, 0.3) is 0 Å². The number of hydrogen-bond donors (Lipinski definition) is 3. The fourth-order valence-electron chi connectivity index (χ4n) is 2.21. The molecule has 0 aromatic heterocycles. The molecule has 0 heterocycles. The summed E-state index contributed by atoms with van der Waals surface area (Å²) in [5, 5.41) is 14.7. The number of hydrogen-bond acceptors (Lipinski definition) is 2. The van der Waals surface area contributed by atoms with Gasteiger partial charge in [-0.3, -0.25) is 4.79 Å². The van der Waals surface area contributed by atoms with Crippen LogP contribution in [0.3, 0.4) is 0 Å². The molecule has 0 saturated heterocycles. The molecule has 1 aliphatic carbocycles. The lowest BCUT2D eigenvalue weighted by Crippen LogP contribution is -2.60. The molecule has 0 spiro atoms. The third-order valence-corrected chi connectivity index (χ3v) is 4.15. The van der Waals surface area contributed by atoms with Crippen molar-refractivity contribution >= 4 is 12.0 Å². The number of carboxylic acids is 1. The lowest BCUT2D eigenvalue weighted by molar-refractivity contribution is -0.139. The lowest BCUT2D eigenvalue weighted by atomic mass is 9.74. The number of carboxylic acid groups (broad SMARTS) is 1. The van der Waals surface area contributed by atoms with E-state index in [0.717, 1.165) is 32.1 Å². The summed E-state index contributed by atoms with van der Waals surface area (Å²) in [6, 6.07) is -0.248. The van der Waals surface area contributed by atoms with Gasteiger partial charge >= 0.3 is 12.0 Å². The zero-order valence-electron chi connectivity index (χ0n) is 11.5. The van der Waals surface area contributed by atoms with Gasteiger partial charge in [0.05, 0.1) is 12.0 Å². The van der Waals surface area contributed by atoms with Crippen LogP contribution in [0.25, 0.3) is 0 Å². The summed E-state index contributed by atoms with van der Waals surface area (Å²) < 4.78 is 0. The minimum Gasteiger partial charge on any atom is -0.481 e. The number of carbonyl (C=O) groups is 2. The summed E-state index contributed by atoms with van der Waals surface area (Å²) in [6.07, 6.45) is 4.19. The van der Waals surface area contributed by atoms with E-state index >= 15 is 0 Å². The van der Waals surface area contributed by atoms with Crippen LogP contribution in [0.15, 0.2) is 0 Å². The van der Waals surface area contributed by atoms with Gasteiger partial charge in [-0.05, 0) is 39.0 Å². The van der Waals surface area contributed by atoms with Crippen molar-refractivity contribution in [1.29, 1.82) is 0 Å². The van der Waals surface area contributed by atoms with Crippen LogP contribution < -0.4 is 10.6 Å². The second-order valence-electron chi connectivity index (χ2n) is 5.55. The highest BCUT2D eigenvalue weighted by molar-refractivity contribution is 5.77. The van der Waals surface area contributed by atoms with Gasteiger partial charge in [-0.15, -0.1) is 0 Å². The quantitative estimate of drug-likeness (QED) is 0.682. The molecule has 0 aromatic rings. The molecule has 0 aromatic carbocycles. The van der Waals surface area contributed by atoms with E-state index in [2.05, 4.69) is 10.6 Å². The molecule has 0 radical (unpaired) electrons. The van der Waals surface area contributed by atoms with Crippen LogP contribution in [0.2, 0.25) is 0 Å². The molecular formula is C13H24N2O3. The number of urea groups is 1. The summed E-state index contributed by atoms with van der Waals surface area (Å²) in [5.74, 6) is -0.858. The Labute approximate surface area is 108 Å². The molecule has 5 heteroatoms. The van der Waals surface area contributed by atoms with Crippen LogP contribution in [0.1, 0.15) is 59.3 Å². The fraction of sp³-hybridized carbons (Fsp3) is 0.846. The van der Waals surface area contributed by atoms with Gasteiger partial charge in [0.1, 0.15) is 0 Å². The summed E-state index contributed by atoms with van der Waals surface area (Å²) >= 11 is 0. The Morgan fingerprint density at radius 1 is 1.28 bits per heavy atom. The Morgan fingerprint density at radius 3 is 2.17 bits per heavy atom. The second-order valence-corrected chi connectivity index (χ2v) is 5.55. The monoisotopic (exact) mass is 256 g/mol. The molecule has 18 heavy (non-hydrogen) atoms. The van der Waals surface area contributed by atoms with E-state index in [-0.39, 0.29) is 18.0 Å². The molecule has 5 nitrogen and oxygen atoms in total. The maximum atomic E-state index is 12.0. The smallest absolute Gasteiger partial charge is 0.315 e. The Balaban J connectivity index is 2.55. The van der Waals surface area contributed by atoms with Gasteiger partial charge in [0.2, 0.25) is 0 Å².